The van der Waals surface area contributed by atoms with E-state index in [1.54, 1.807) is 48.5 Å². The van der Waals surface area contributed by atoms with Gasteiger partial charge in [-0.25, -0.2) is 9.59 Å². The van der Waals surface area contributed by atoms with Gasteiger partial charge in [-0.3, -0.25) is 19.2 Å². The van der Waals surface area contributed by atoms with Crippen LogP contribution in [0.5, 0.6) is 0 Å². The van der Waals surface area contributed by atoms with Crippen LogP contribution in [0.3, 0.4) is 0 Å². The predicted octanol–water partition coefficient (Wildman–Crippen LogP) is 3.36. The SMILES string of the molecule is CC(=O)[O-].NCCCCCCCC(=O)c1cccc(C(=O)CCCCCCCNC(=O)c2cccc(C(=O)NCCCCCCN)c2)c1.NCCCCCCCCN.O=C(OCCO)c1cccc(C(=O)OCCO)c1.[Na+]. The maximum atomic E-state index is 12.7. The number of Topliss-reactive ketones (excluding diaryl/α,β-unsaturated/α-hetero) is 2. The monoisotopic (exact) mass is 1090 g/mol. The number of hydrogen-bond donors (Lipinski definition) is 8. The van der Waals surface area contributed by atoms with Crippen molar-refractivity contribution in [3.8, 4) is 0 Å². The van der Waals surface area contributed by atoms with Gasteiger partial charge in [-0.2, -0.15) is 0 Å². The van der Waals surface area contributed by atoms with Crippen LogP contribution in [0.2, 0.25) is 0 Å². The number of nitrogens with one attached hydrogen (secondary N) is 2. The second-order valence-electron chi connectivity index (χ2n) is 18.0. The van der Waals surface area contributed by atoms with Crippen LogP contribution in [-0.4, -0.2) is 117 Å². The maximum absolute atomic E-state index is 12.7. The van der Waals surface area contributed by atoms with Crippen LogP contribution in [0.15, 0.2) is 72.8 Å². The fraction of sp³-hybridized carbons (Fsp3) is 0.569. The fourth-order valence-electron chi connectivity index (χ4n) is 7.30. The Kier molecular flexibility index (Phi) is 49.9. The van der Waals surface area contributed by atoms with Crippen LogP contribution >= 0.6 is 0 Å². The normalized spacial score (nSPS) is 10.2. The third-order valence-electron chi connectivity index (χ3n) is 11.4. The number of carbonyl (C=O) groups is 7. The topological polar surface area (TPSA) is 330 Å². The number of rotatable bonds is 38. The number of carbonyl (C=O) groups excluding carboxylic acids is 7. The average molecular weight is 1090 g/mol. The van der Waals surface area contributed by atoms with Crippen molar-refractivity contribution in [3.05, 3.63) is 106 Å². The van der Waals surface area contributed by atoms with Crippen LogP contribution in [0.4, 0.5) is 0 Å². The van der Waals surface area contributed by atoms with Gasteiger partial charge in [0.15, 0.2) is 11.6 Å². The molecule has 12 N–H and O–H groups in total. The first-order chi connectivity index (χ1) is 36.8. The standard InChI is InChI=1S/C36H54N4O4.C12H14O6.C8H20N2.C2H4O2.Na/c37-23-11-5-1-3-9-21-33(41)29-17-15-18-30(27-29)34(42)22-10-4-2-7-13-25-39-35(43)31-19-16-20-32(28-31)36(44)40-26-14-8-6-12-24-38;13-4-6-17-11(15)9-2-1-3-10(8-9)12(16)18-7-5-14;9-7-5-3-1-2-4-6-8-10;1-2(3)4;/h15-20,27-28H,1-14,21-26,37-38H2,(H,39,43)(H,40,44);1-3,8,13-14H,4-7H2;1-10H2;1H3,(H,3,4);/q;;;;+1/p-1. The molecule has 0 aliphatic rings. The zero-order valence-electron chi connectivity index (χ0n) is 46.3. The molecular weight excluding hydrogens is 996 g/mol. The van der Waals surface area contributed by atoms with Gasteiger partial charge in [-0.15, -0.1) is 0 Å². The Morgan fingerprint density at radius 3 is 1.01 bits per heavy atom. The third kappa shape index (κ3) is 40.9. The molecule has 19 heteroatoms. The quantitative estimate of drug-likeness (QED) is 0.0177. The Bertz CT molecular complexity index is 1920. The number of carboxylic acid groups (broad SMARTS) is 1. The Hall–Kier alpha value is -4.89. The predicted molar refractivity (Wildman–Crippen MR) is 296 cm³/mol. The first-order valence-corrected chi connectivity index (χ1v) is 27.3. The van der Waals surface area contributed by atoms with E-state index in [1.165, 1.54) is 62.8 Å². The van der Waals surface area contributed by atoms with Crippen molar-refractivity contribution in [2.24, 2.45) is 22.9 Å². The van der Waals surface area contributed by atoms with Gasteiger partial charge in [0.25, 0.3) is 11.8 Å². The molecule has 0 atom stereocenters. The molecule has 0 heterocycles. The van der Waals surface area contributed by atoms with Gasteiger partial charge in [0, 0.05) is 54.2 Å². The molecule has 0 bridgehead atoms. The second kappa shape index (κ2) is 51.8. The third-order valence-corrected chi connectivity index (χ3v) is 11.4. The molecule has 18 nitrogen and oxygen atoms in total. The molecule has 0 fully saturated rings. The number of benzene rings is 3. The summed E-state index contributed by atoms with van der Waals surface area (Å²) in [6, 6.07) is 19.8. The Morgan fingerprint density at radius 2 is 0.688 bits per heavy atom. The first kappa shape index (κ1) is 74.2. The number of hydrogen-bond acceptors (Lipinski definition) is 16. The van der Waals surface area contributed by atoms with Crippen molar-refractivity contribution in [1.82, 2.24) is 10.6 Å². The molecule has 0 spiro atoms. The number of ether oxygens (including phenoxy) is 2. The summed E-state index contributed by atoms with van der Waals surface area (Å²) in [5.41, 5.74) is 24.3. The van der Waals surface area contributed by atoms with E-state index in [4.69, 9.17) is 52.5 Å². The van der Waals surface area contributed by atoms with Gasteiger partial charge < -0.3 is 63.2 Å². The van der Waals surface area contributed by atoms with Crippen molar-refractivity contribution in [3.63, 3.8) is 0 Å². The minimum atomic E-state index is -1.08. The van der Waals surface area contributed by atoms with Crippen molar-refractivity contribution >= 4 is 41.3 Å². The van der Waals surface area contributed by atoms with Crippen molar-refractivity contribution < 1.29 is 87.9 Å². The molecule has 3 aromatic rings. The summed E-state index contributed by atoms with van der Waals surface area (Å²) in [6.45, 7) is 4.53. The van der Waals surface area contributed by atoms with Gasteiger partial charge in [-0.05, 0) is 127 Å². The number of nitrogens with two attached hydrogens (primary N) is 4. The summed E-state index contributed by atoms with van der Waals surface area (Å²) >= 11 is 0. The Morgan fingerprint density at radius 1 is 0.429 bits per heavy atom. The van der Waals surface area contributed by atoms with Crippen molar-refractivity contribution in [2.75, 3.05) is 65.7 Å². The van der Waals surface area contributed by atoms with Crippen LogP contribution < -0.4 is 68.2 Å². The summed E-state index contributed by atoms with van der Waals surface area (Å²) in [5.74, 6) is -2.51. The molecule has 426 valence electrons. The van der Waals surface area contributed by atoms with Gasteiger partial charge in [0.1, 0.15) is 13.2 Å². The number of esters is 2. The molecule has 3 rings (SSSR count). The van der Waals surface area contributed by atoms with Crippen molar-refractivity contribution in [1.29, 1.82) is 0 Å². The van der Waals surface area contributed by atoms with Crippen LogP contribution in [0.25, 0.3) is 0 Å². The number of aliphatic carboxylic acids is 1. The van der Waals surface area contributed by atoms with Crippen LogP contribution in [0.1, 0.15) is 210 Å². The molecule has 0 radical (unpaired) electrons. The second-order valence-corrected chi connectivity index (χ2v) is 18.0. The van der Waals surface area contributed by atoms with Crippen LogP contribution in [0, 0.1) is 0 Å². The molecule has 2 amide bonds. The molecule has 0 aliphatic heterocycles. The number of carboxylic acids is 1. The minimum Gasteiger partial charge on any atom is -0.550 e. The Labute approximate surface area is 480 Å². The molecule has 0 unspecified atom stereocenters. The van der Waals surface area contributed by atoms with E-state index in [1.807, 2.05) is 0 Å². The summed E-state index contributed by atoms with van der Waals surface area (Å²) in [6.07, 6.45) is 22.3. The first-order valence-electron chi connectivity index (χ1n) is 27.3. The number of aliphatic hydroxyl groups excluding tert-OH is 2. The fourth-order valence-corrected chi connectivity index (χ4v) is 7.30. The van der Waals surface area contributed by atoms with E-state index in [2.05, 4.69) is 10.6 Å². The van der Waals surface area contributed by atoms with Gasteiger partial charge in [0.2, 0.25) is 0 Å². The molecule has 77 heavy (non-hydrogen) atoms. The average Bonchev–Trinajstić information content (AvgIpc) is 3.43. The smallest absolute Gasteiger partial charge is 0.550 e. The van der Waals surface area contributed by atoms with E-state index < -0.39 is 17.9 Å². The summed E-state index contributed by atoms with van der Waals surface area (Å²) in [4.78, 5) is 82.1. The van der Waals surface area contributed by atoms with Crippen molar-refractivity contribution in [2.45, 2.75) is 148 Å². The largest absolute Gasteiger partial charge is 1.00 e. The molecule has 0 aliphatic carbocycles. The van der Waals surface area contributed by atoms with E-state index in [-0.39, 0.29) is 90.5 Å². The zero-order chi connectivity index (χ0) is 56.4. The van der Waals surface area contributed by atoms with Crippen LogP contribution in [-0.2, 0) is 14.3 Å². The summed E-state index contributed by atoms with van der Waals surface area (Å²) in [5, 5.41) is 31.8. The number of aliphatic hydroxyl groups is 2. The summed E-state index contributed by atoms with van der Waals surface area (Å²) in [7, 11) is 0. The maximum Gasteiger partial charge on any atom is 1.00 e. The molecule has 0 saturated heterocycles. The number of amides is 2. The molecule has 0 saturated carbocycles. The van der Waals surface area contributed by atoms with E-state index >= 15 is 0 Å². The molecule has 0 aromatic heterocycles. The Balaban J connectivity index is 0. The van der Waals surface area contributed by atoms with Gasteiger partial charge >= 0.3 is 41.5 Å². The molecule has 3 aromatic carbocycles. The van der Waals surface area contributed by atoms with E-state index in [0.29, 0.717) is 54.7 Å². The minimum absolute atomic E-state index is 0. The number of unbranched alkanes of at least 4 members (excludes halogenated alkanes) is 16. The van der Waals surface area contributed by atoms with Gasteiger partial charge in [0.05, 0.1) is 24.3 Å². The number of ketones is 2. The summed E-state index contributed by atoms with van der Waals surface area (Å²) < 4.78 is 9.42. The molecular formula is C58H91N6NaO12. The van der Waals surface area contributed by atoms with E-state index in [9.17, 15) is 28.8 Å². The van der Waals surface area contributed by atoms with Gasteiger partial charge in [-0.1, -0.05) is 107 Å². The van der Waals surface area contributed by atoms with E-state index in [0.717, 1.165) is 116 Å². The zero-order valence-corrected chi connectivity index (χ0v) is 48.3.